The average Bonchev–Trinajstić information content (AvgIpc) is 3.51. The summed E-state index contributed by atoms with van der Waals surface area (Å²) in [7, 11) is 0. The molecule has 1 aliphatic carbocycles. The van der Waals surface area contributed by atoms with Gasteiger partial charge in [0, 0.05) is 22.4 Å². The van der Waals surface area contributed by atoms with Crippen LogP contribution in [0.25, 0.3) is 20.8 Å². The van der Waals surface area contributed by atoms with E-state index in [1.807, 2.05) is 25.1 Å². The van der Waals surface area contributed by atoms with Crippen LogP contribution in [0.1, 0.15) is 34.7 Å². The van der Waals surface area contributed by atoms with Gasteiger partial charge in [-0.15, -0.1) is 22.7 Å². The van der Waals surface area contributed by atoms with Gasteiger partial charge >= 0.3 is 0 Å². The van der Waals surface area contributed by atoms with Crippen molar-refractivity contribution in [2.24, 2.45) is 5.92 Å². The molecule has 32 heavy (non-hydrogen) atoms. The predicted octanol–water partition coefficient (Wildman–Crippen LogP) is 5.62. The van der Waals surface area contributed by atoms with Gasteiger partial charge in [0.05, 0.1) is 28.0 Å². The second-order valence-corrected chi connectivity index (χ2v) is 10.8. The molecule has 0 spiro atoms. The van der Waals surface area contributed by atoms with Crippen LogP contribution < -0.4 is 10.6 Å². The number of nitrogens with one attached hydrogen (secondary N) is 2. The SMILES string of the molecule is Cc1ccc(CNc2nc(C)c(-c3nc4ccccc4s3)c(N[C@H]3CC[C@@H](CO)C3)n2)s1. The number of thiophene rings is 1. The van der Waals surface area contributed by atoms with E-state index >= 15 is 0 Å². The first-order chi connectivity index (χ1) is 15.6. The lowest BCUT2D eigenvalue weighted by atomic mass is 10.1. The molecular formula is C24H27N5OS2. The zero-order chi connectivity index (χ0) is 22.1. The monoisotopic (exact) mass is 465 g/mol. The molecule has 8 heteroatoms. The van der Waals surface area contributed by atoms with Crippen LogP contribution in [0.3, 0.4) is 0 Å². The molecule has 0 radical (unpaired) electrons. The van der Waals surface area contributed by atoms with Crippen molar-refractivity contribution in [3.63, 3.8) is 0 Å². The van der Waals surface area contributed by atoms with Crippen molar-refractivity contribution in [1.82, 2.24) is 15.0 Å². The molecule has 2 atom stereocenters. The Morgan fingerprint density at radius 1 is 1.03 bits per heavy atom. The minimum Gasteiger partial charge on any atom is -0.396 e. The molecule has 5 rings (SSSR count). The van der Waals surface area contributed by atoms with Gasteiger partial charge in [-0.3, -0.25) is 0 Å². The van der Waals surface area contributed by atoms with E-state index in [2.05, 4.69) is 35.8 Å². The minimum atomic E-state index is 0.249. The molecule has 3 heterocycles. The van der Waals surface area contributed by atoms with Gasteiger partial charge in [0.1, 0.15) is 10.8 Å². The number of aliphatic hydroxyl groups is 1. The highest BCUT2D eigenvalue weighted by Crippen LogP contribution is 2.38. The molecule has 0 aliphatic heterocycles. The Hall–Kier alpha value is -2.55. The van der Waals surface area contributed by atoms with Gasteiger partial charge in [0.2, 0.25) is 5.95 Å². The van der Waals surface area contributed by atoms with Crippen molar-refractivity contribution < 1.29 is 5.11 Å². The Morgan fingerprint density at radius 3 is 2.66 bits per heavy atom. The van der Waals surface area contributed by atoms with Crippen molar-refractivity contribution >= 4 is 44.7 Å². The standard InChI is InChI=1S/C24H27N5OS2/c1-14-7-10-18(31-14)12-25-24-26-15(2)21(23-28-19-5-3-4-6-20(19)32-23)22(29-24)27-17-9-8-16(11-17)13-30/h3-7,10,16-17,30H,8-9,11-13H2,1-2H3,(H2,25,26,27,29)/t16-,17+/m1/s1. The molecule has 4 aromatic rings. The van der Waals surface area contributed by atoms with Gasteiger partial charge in [-0.25, -0.2) is 9.97 Å². The zero-order valence-electron chi connectivity index (χ0n) is 18.3. The summed E-state index contributed by atoms with van der Waals surface area (Å²) in [6.07, 6.45) is 3.03. The summed E-state index contributed by atoms with van der Waals surface area (Å²) >= 11 is 3.45. The Kier molecular flexibility index (Phi) is 6.08. The normalized spacial score (nSPS) is 18.3. The van der Waals surface area contributed by atoms with Crippen LogP contribution in [-0.2, 0) is 6.54 Å². The molecule has 0 bridgehead atoms. The van der Waals surface area contributed by atoms with Crippen LogP contribution in [0.2, 0.25) is 0 Å². The average molecular weight is 466 g/mol. The third-order valence-electron chi connectivity index (χ3n) is 5.95. The van der Waals surface area contributed by atoms with Crippen molar-refractivity contribution in [3.8, 4) is 10.6 Å². The summed E-state index contributed by atoms with van der Waals surface area (Å²) in [5.74, 6) is 1.81. The summed E-state index contributed by atoms with van der Waals surface area (Å²) in [6, 6.07) is 12.8. The van der Waals surface area contributed by atoms with Crippen LogP contribution in [0.15, 0.2) is 36.4 Å². The fraction of sp³-hybridized carbons (Fsp3) is 0.375. The molecule has 1 saturated carbocycles. The second-order valence-electron chi connectivity index (χ2n) is 8.41. The Balaban J connectivity index is 1.49. The van der Waals surface area contributed by atoms with E-state index in [0.717, 1.165) is 51.6 Å². The molecule has 0 saturated heterocycles. The highest BCUT2D eigenvalue weighted by molar-refractivity contribution is 7.21. The van der Waals surface area contributed by atoms with Crippen LogP contribution >= 0.6 is 22.7 Å². The molecular weight excluding hydrogens is 438 g/mol. The summed E-state index contributed by atoms with van der Waals surface area (Å²) in [5.41, 5.74) is 2.87. The van der Waals surface area contributed by atoms with Gasteiger partial charge in [-0.2, -0.15) is 4.98 Å². The van der Waals surface area contributed by atoms with Crippen molar-refractivity contribution in [2.75, 3.05) is 17.2 Å². The highest BCUT2D eigenvalue weighted by atomic mass is 32.1. The molecule has 0 amide bonds. The number of anilines is 2. The van der Waals surface area contributed by atoms with Gasteiger partial charge < -0.3 is 15.7 Å². The number of benzene rings is 1. The van der Waals surface area contributed by atoms with Crippen molar-refractivity contribution in [3.05, 3.63) is 51.8 Å². The third-order valence-corrected chi connectivity index (χ3v) is 8.01. The van der Waals surface area contributed by atoms with Gasteiger partial charge in [-0.05, 0) is 63.3 Å². The molecule has 1 fully saturated rings. The molecule has 1 aromatic carbocycles. The number of hydrogen-bond donors (Lipinski definition) is 3. The smallest absolute Gasteiger partial charge is 0.225 e. The largest absolute Gasteiger partial charge is 0.396 e. The summed E-state index contributed by atoms with van der Waals surface area (Å²) in [6.45, 7) is 5.09. The van der Waals surface area contributed by atoms with E-state index < -0.39 is 0 Å². The fourth-order valence-corrected chi connectivity index (χ4v) is 6.20. The number of hydrogen-bond acceptors (Lipinski definition) is 8. The zero-order valence-corrected chi connectivity index (χ0v) is 19.9. The summed E-state index contributed by atoms with van der Waals surface area (Å²) in [4.78, 5) is 17.1. The Labute approximate surface area is 195 Å². The van der Waals surface area contributed by atoms with Crippen molar-refractivity contribution in [2.45, 2.75) is 45.7 Å². The number of nitrogens with zero attached hydrogens (tertiary/aromatic N) is 3. The maximum absolute atomic E-state index is 9.56. The number of aromatic nitrogens is 3. The number of aliphatic hydroxyl groups excluding tert-OH is 1. The maximum Gasteiger partial charge on any atom is 0.225 e. The van der Waals surface area contributed by atoms with E-state index in [1.165, 1.54) is 9.75 Å². The summed E-state index contributed by atoms with van der Waals surface area (Å²) in [5, 5.41) is 17.6. The topological polar surface area (TPSA) is 83.0 Å². The lowest BCUT2D eigenvalue weighted by Gasteiger charge is -2.18. The van der Waals surface area contributed by atoms with E-state index in [9.17, 15) is 5.11 Å². The second kappa shape index (κ2) is 9.13. The number of aryl methyl sites for hydroxylation is 2. The van der Waals surface area contributed by atoms with Crippen LogP contribution in [0, 0.1) is 19.8 Å². The van der Waals surface area contributed by atoms with E-state index in [-0.39, 0.29) is 6.61 Å². The first kappa shape index (κ1) is 21.3. The first-order valence-electron chi connectivity index (χ1n) is 11.0. The van der Waals surface area contributed by atoms with Gasteiger partial charge in [0.15, 0.2) is 0 Å². The quantitative estimate of drug-likeness (QED) is 0.329. The molecule has 6 nitrogen and oxygen atoms in total. The fourth-order valence-electron chi connectivity index (χ4n) is 4.30. The van der Waals surface area contributed by atoms with Gasteiger partial charge in [0.25, 0.3) is 0 Å². The first-order valence-corrected chi connectivity index (χ1v) is 12.6. The highest BCUT2D eigenvalue weighted by Gasteiger charge is 2.26. The number of para-hydroxylation sites is 1. The van der Waals surface area contributed by atoms with Crippen molar-refractivity contribution in [1.29, 1.82) is 0 Å². The number of thiazole rings is 1. The Morgan fingerprint density at radius 2 is 1.91 bits per heavy atom. The third kappa shape index (κ3) is 4.48. The van der Waals surface area contributed by atoms with E-state index in [4.69, 9.17) is 15.0 Å². The van der Waals surface area contributed by atoms with E-state index in [1.54, 1.807) is 22.7 Å². The van der Waals surface area contributed by atoms with E-state index in [0.29, 0.717) is 24.5 Å². The Bertz CT molecular complexity index is 1200. The molecule has 1 aliphatic rings. The number of fused-ring (bicyclic) bond motifs is 1. The van der Waals surface area contributed by atoms with Crippen LogP contribution in [0.5, 0.6) is 0 Å². The summed E-state index contributed by atoms with van der Waals surface area (Å²) < 4.78 is 1.16. The van der Waals surface area contributed by atoms with Gasteiger partial charge in [-0.1, -0.05) is 12.1 Å². The lowest BCUT2D eigenvalue weighted by molar-refractivity contribution is 0.229. The molecule has 0 unspecified atom stereocenters. The molecule has 166 valence electrons. The molecule has 3 N–H and O–H groups in total. The number of rotatable bonds is 7. The van der Waals surface area contributed by atoms with Crippen LogP contribution in [-0.4, -0.2) is 32.7 Å². The predicted molar refractivity (Wildman–Crippen MR) is 134 cm³/mol. The minimum absolute atomic E-state index is 0.249. The van der Waals surface area contributed by atoms with Crippen LogP contribution in [0.4, 0.5) is 11.8 Å². The maximum atomic E-state index is 9.56. The molecule has 3 aromatic heterocycles. The lowest BCUT2D eigenvalue weighted by Crippen LogP contribution is -2.19.